The van der Waals surface area contributed by atoms with E-state index >= 15 is 0 Å². The fourth-order valence-electron chi connectivity index (χ4n) is 11.2. The molecule has 0 nitrogen and oxygen atoms in total. The second kappa shape index (κ2) is 18.7. The lowest BCUT2D eigenvalue weighted by molar-refractivity contribution is 0.314. The van der Waals surface area contributed by atoms with Crippen LogP contribution in [0, 0.1) is 11.3 Å². The van der Waals surface area contributed by atoms with E-state index in [1.165, 1.54) is 126 Å². The highest BCUT2D eigenvalue weighted by molar-refractivity contribution is 6.24. The topological polar surface area (TPSA) is 0 Å². The quantitative estimate of drug-likeness (QED) is 0.1000. The molecule has 0 N–H and O–H groups in total. The second-order valence-corrected chi connectivity index (χ2v) is 21.7. The van der Waals surface area contributed by atoms with Crippen LogP contribution in [0.15, 0.2) is 176 Å². The summed E-state index contributed by atoms with van der Waals surface area (Å²) in [5, 5.41) is 15.7. The molecule has 348 valence electrons. The highest BCUT2D eigenvalue weighted by Crippen LogP contribution is 2.45. The smallest absolute Gasteiger partial charge is 0.00923 e. The van der Waals surface area contributed by atoms with Crippen LogP contribution in [0.25, 0.3) is 111 Å². The number of benzene rings is 9. The van der Waals surface area contributed by atoms with Crippen LogP contribution >= 0.6 is 0 Å². The van der Waals surface area contributed by atoms with Crippen molar-refractivity contribution in [2.75, 3.05) is 0 Å². The van der Waals surface area contributed by atoms with Gasteiger partial charge in [0.1, 0.15) is 0 Å². The first-order valence-electron chi connectivity index (χ1n) is 25.8. The van der Waals surface area contributed by atoms with Gasteiger partial charge in [-0.2, -0.15) is 0 Å². The first-order valence-corrected chi connectivity index (χ1v) is 25.8. The Balaban J connectivity index is 1.26. The van der Waals surface area contributed by atoms with Gasteiger partial charge in [-0.1, -0.05) is 201 Å². The minimum absolute atomic E-state index is 0.0311. The average Bonchev–Trinajstić information content (AvgIpc) is 3.37. The summed E-state index contributed by atoms with van der Waals surface area (Å²) in [6.07, 6.45) is 21.7. The maximum atomic E-state index is 2.58. The zero-order valence-electron chi connectivity index (χ0n) is 43.1. The van der Waals surface area contributed by atoms with Crippen molar-refractivity contribution in [3.8, 4) is 33.4 Å². The summed E-state index contributed by atoms with van der Waals surface area (Å²) in [5.74, 6) is 0.459. The van der Waals surface area contributed by atoms with E-state index in [1.807, 2.05) is 0 Å². The number of hydrogen-bond acceptors (Lipinski definition) is 0. The van der Waals surface area contributed by atoms with Crippen molar-refractivity contribution in [2.24, 2.45) is 11.3 Å². The molecule has 1 unspecified atom stereocenters. The SMILES string of the molecule is C/C=C\C(=C/C)c1cc2c(cc(-c3ccccc3)c3cc(-c4ccc5c(c4)c(-c4ccccc4)cc4c6ccc(C(C)(C)C)cc6c(/C(=C/C=C\CC)CC)cc54)ccc32)c2c1=CC(C(C)(C)C)CC=2. The Kier molecular flexibility index (Phi) is 12.5. The molecule has 9 aromatic carbocycles. The Morgan fingerprint density at radius 1 is 0.529 bits per heavy atom. The lowest BCUT2D eigenvalue weighted by Crippen LogP contribution is -2.36. The lowest BCUT2D eigenvalue weighted by Gasteiger charge is -2.29. The van der Waals surface area contributed by atoms with Crippen LogP contribution in [-0.2, 0) is 5.41 Å². The summed E-state index contributed by atoms with van der Waals surface area (Å²) in [4.78, 5) is 0. The molecular formula is C70H68. The molecule has 1 aliphatic rings. The molecular weight excluding hydrogens is 841 g/mol. The largest absolute Gasteiger partial charge is 0.0871 e. The zero-order chi connectivity index (χ0) is 48.9. The van der Waals surface area contributed by atoms with Crippen molar-refractivity contribution in [1.82, 2.24) is 0 Å². The van der Waals surface area contributed by atoms with Crippen LogP contribution in [0.1, 0.15) is 105 Å². The van der Waals surface area contributed by atoms with Gasteiger partial charge in [0.15, 0.2) is 0 Å². The van der Waals surface area contributed by atoms with Gasteiger partial charge in [0.2, 0.25) is 0 Å². The first kappa shape index (κ1) is 46.7. The van der Waals surface area contributed by atoms with E-state index in [1.54, 1.807) is 0 Å². The number of hydrogen-bond donors (Lipinski definition) is 0. The molecule has 0 aliphatic heterocycles. The van der Waals surface area contributed by atoms with E-state index < -0.39 is 0 Å². The average molecular weight is 909 g/mol. The van der Waals surface area contributed by atoms with E-state index in [9.17, 15) is 0 Å². The lowest BCUT2D eigenvalue weighted by atomic mass is 9.75. The number of allylic oxidation sites excluding steroid dienone is 8. The molecule has 0 heterocycles. The van der Waals surface area contributed by atoms with E-state index in [-0.39, 0.29) is 10.8 Å². The normalized spacial score (nSPS) is 14.9. The highest BCUT2D eigenvalue weighted by Gasteiger charge is 2.25. The molecule has 0 saturated heterocycles. The minimum Gasteiger partial charge on any atom is -0.0871 e. The van der Waals surface area contributed by atoms with Crippen molar-refractivity contribution in [3.05, 3.63) is 203 Å². The van der Waals surface area contributed by atoms with E-state index in [0.717, 1.165) is 19.3 Å². The Morgan fingerprint density at radius 3 is 1.64 bits per heavy atom. The Bertz CT molecular complexity index is 3760. The standard InChI is InChI=1S/C70H68/c1-11-15-18-24-46(14-4)58-42-66-54-34-30-50(38-62(54)60(48-27-21-17-22-28-48)44-68(66)56-36-32-52(40-64(56)58)70(8,9)10)49-29-33-53-61(37-49)59(47-25-19-16-20-26-47)43-67-55-35-31-51(69(5,6)7)39-63(55)57(41-65(53)67)45(13-3)23-12-2/h12-13,15-30,32-44,51H,11,14,31H2,1-10H3/b18-15-,23-12-,45-13+,46-24+. The van der Waals surface area contributed by atoms with Gasteiger partial charge in [0.25, 0.3) is 0 Å². The van der Waals surface area contributed by atoms with E-state index in [0.29, 0.717) is 5.92 Å². The Labute approximate surface area is 416 Å². The zero-order valence-corrected chi connectivity index (χ0v) is 43.1. The molecule has 1 atom stereocenters. The second-order valence-electron chi connectivity index (χ2n) is 21.7. The third kappa shape index (κ3) is 8.47. The van der Waals surface area contributed by atoms with Gasteiger partial charge in [0, 0.05) is 0 Å². The first-order chi connectivity index (χ1) is 33.8. The van der Waals surface area contributed by atoms with Crippen molar-refractivity contribution < 1.29 is 0 Å². The summed E-state index contributed by atoms with van der Waals surface area (Å²) < 4.78 is 0. The van der Waals surface area contributed by atoms with E-state index in [2.05, 4.69) is 257 Å². The molecule has 0 heteroatoms. The predicted octanol–water partition coefficient (Wildman–Crippen LogP) is 19.1. The number of rotatable bonds is 9. The van der Waals surface area contributed by atoms with Crippen LogP contribution in [0.5, 0.6) is 0 Å². The van der Waals surface area contributed by atoms with Gasteiger partial charge in [0.05, 0.1) is 0 Å². The summed E-state index contributed by atoms with van der Waals surface area (Å²) in [6.45, 7) is 22.9. The molecule has 1 aliphatic carbocycles. The molecule has 0 bridgehead atoms. The highest BCUT2D eigenvalue weighted by atomic mass is 14.3. The van der Waals surface area contributed by atoms with Crippen molar-refractivity contribution in [3.63, 3.8) is 0 Å². The van der Waals surface area contributed by atoms with Crippen LogP contribution in [0.4, 0.5) is 0 Å². The molecule has 0 aromatic heterocycles. The van der Waals surface area contributed by atoms with Gasteiger partial charge < -0.3 is 0 Å². The van der Waals surface area contributed by atoms with Crippen LogP contribution in [0.2, 0.25) is 0 Å². The molecule has 0 spiro atoms. The minimum atomic E-state index is 0.0311. The fraction of sp³-hybridized carbons (Fsp3) is 0.229. The molecule has 0 amide bonds. The van der Waals surface area contributed by atoms with Gasteiger partial charge in [-0.15, -0.1) is 0 Å². The molecule has 0 saturated carbocycles. The van der Waals surface area contributed by atoms with Crippen molar-refractivity contribution >= 4 is 77.2 Å². The van der Waals surface area contributed by atoms with Crippen LogP contribution < -0.4 is 10.4 Å². The molecule has 0 radical (unpaired) electrons. The van der Waals surface area contributed by atoms with Crippen molar-refractivity contribution in [1.29, 1.82) is 0 Å². The maximum absolute atomic E-state index is 2.58. The summed E-state index contributed by atoms with van der Waals surface area (Å²) in [5.41, 5.74) is 14.2. The third-order valence-corrected chi connectivity index (χ3v) is 15.2. The van der Waals surface area contributed by atoms with Gasteiger partial charge in [-0.3, -0.25) is 0 Å². The Morgan fingerprint density at radius 2 is 1.09 bits per heavy atom. The third-order valence-electron chi connectivity index (χ3n) is 15.2. The summed E-state index contributed by atoms with van der Waals surface area (Å²) in [6, 6.07) is 53.7. The summed E-state index contributed by atoms with van der Waals surface area (Å²) in [7, 11) is 0. The number of fused-ring (bicyclic) bond motifs is 10. The summed E-state index contributed by atoms with van der Waals surface area (Å²) >= 11 is 0. The van der Waals surface area contributed by atoms with Crippen LogP contribution in [-0.4, -0.2) is 0 Å². The van der Waals surface area contributed by atoms with Crippen LogP contribution in [0.3, 0.4) is 0 Å². The van der Waals surface area contributed by atoms with Crippen molar-refractivity contribution in [2.45, 2.75) is 93.9 Å². The predicted molar refractivity (Wildman–Crippen MR) is 311 cm³/mol. The molecule has 0 fully saturated rings. The van der Waals surface area contributed by atoms with E-state index in [4.69, 9.17) is 0 Å². The monoisotopic (exact) mass is 909 g/mol. The van der Waals surface area contributed by atoms with Gasteiger partial charge in [-0.05, 0) is 218 Å². The Hall–Kier alpha value is -7.02. The molecule has 70 heavy (non-hydrogen) atoms. The maximum Gasteiger partial charge on any atom is -0.00923 e. The molecule has 9 aromatic rings. The molecule has 10 rings (SSSR count). The van der Waals surface area contributed by atoms with Gasteiger partial charge >= 0.3 is 0 Å². The fourth-order valence-corrected chi connectivity index (χ4v) is 11.2. The van der Waals surface area contributed by atoms with Gasteiger partial charge in [-0.25, -0.2) is 0 Å².